The minimum atomic E-state index is -1.85. The number of imidazole rings is 1. The molecule has 41 nitrogen and oxygen atoms in total. The summed E-state index contributed by atoms with van der Waals surface area (Å²) >= 11 is 0.893. The molecule has 3 aliphatic heterocycles. The molecule has 3 saturated heterocycles. The molecule has 3 aliphatic rings. The highest BCUT2D eigenvalue weighted by molar-refractivity contribution is 7.99. The van der Waals surface area contributed by atoms with E-state index in [1.165, 1.54) is 71.7 Å². The normalized spacial score (nSPS) is 24.9. The highest BCUT2D eigenvalue weighted by Gasteiger charge is 2.47. The number of aliphatic hydroxyl groups excluding tert-OH is 1. The summed E-state index contributed by atoms with van der Waals surface area (Å²) in [5.41, 5.74) is 14.6. The first-order valence-corrected chi connectivity index (χ1v) is 46.5. The number of likely N-dealkylation sites (N-methyl/N-ethyl adjacent to an activating group) is 2. The van der Waals surface area contributed by atoms with E-state index in [9.17, 15) is 73.2 Å². The lowest BCUT2D eigenvalue weighted by atomic mass is 9.90. The van der Waals surface area contributed by atoms with Crippen molar-refractivity contribution in [2.45, 2.75) is 242 Å². The van der Waals surface area contributed by atoms with Gasteiger partial charge in [0.1, 0.15) is 84.3 Å². The number of nitrogens with one attached hydrogen (secondary N) is 10. The summed E-state index contributed by atoms with van der Waals surface area (Å²) in [5.74, 6) is -22.2. The highest BCUT2D eigenvalue weighted by atomic mass is 32.2. The molecule has 9 rings (SSSR count). The quantitative estimate of drug-likeness (QED) is 0.0358. The van der Waals surface area contributed by atoms with Crippen LogP contribution in [0.4, 0.5) is 0 Å². The van der Waals surface area contributed by atoms with Gasteiger partial charge in [0.05, 0.1) is 36.2 Å². The van der Waals surface area contributed by atoms with Crippen LogP contribution in [0.1, 0.15) is 160 Å². The zero-order valence-electron chi connectivity index (χ0n) is 76.9. The number of benzene rings is 3. The summed E-state index contributed by atoms with van der Waals surface area (Å²) in [7, 11) is 2.51. The molecule has 0 bridgehead atoms. The van der Waals surface area contributed by atoms with E-state index in [0.717, 1.165) is 31.4 Å². The van der Waals surface area contributed by atoms with Gasteiger partial charge < -0.3 is 113 Å². The molecule has 15 atom stereocenters. The Bertz CT molecular complexity index is 5290. The van der Waals surface area contributed by atoms with Gasteiger partial charge in [0.2, 0.25) is 76.8 Å². The lowest BCUT2D eigenvalue weighted by Gasteiger charge is -2.36. The van der Waals surface area contributed by atoms with Gasteiger partial charge >= 0.3 is 11.9 Å². The SMILES string of the molecule is CCCC[C@H]1C(=O)N[C@@H](CC(C)C)C(=O)C[C@H](C(=O)CCC(C)=O)CSCC(=O)N[C@@H](Cc2ccc(O)cc2)C(=O)N(C)[C@@H](C)C(=O)C[C@@H](CC(N)=O)C(=O)N2CCC[C@H]2C(=O)N[C@@H](Cc2cnc[nH]2)C(=O)N[C@@H](CCC(=O)O)C(=O)N2C[C@H](O)C[C@H]2C(=O)N[C@@H](Cc2c[nH]c3ccccc23)C(=O)N[C@@H](CCN)C(=O)N[C@@H](Cc2c[nH]c3ccccc23)C(=O)N(CC(=O)O)[C@@H](C)C(=O)N1C. The van der Waals surface area contributed by atoms with Crippen LogP contribution in [0.15, 0.2) is 97.7 Å². The van der Waals surface area contributed by atoms with Gasteiger partial charge in [0.15, 0.2) is 11.6 Å². The molecule has 0 aliphatic carbocycles. The number of phenols is 1. The lowest BCUT2D eigenvalue weighted by molar-refractivity contribution is -0.154. The number of hydrogen-bond acceptors (Lipinski definition) is 24. The van der Waals surface area contributed by atoms with Crippen molar-refractivity contribution in [2.24, 2.45) is 29.2 Å². The number of nitrogens with zero attached hydrogens (tertiary/aromatic N) is 6. The zero-order valence-corrected chi connectivity index (χ0v) is 77.8. The number of H-pyrrole nitrogens is 3. The number of carboxylic acids is 2. The minimum Gasteiger partial charge on any atom is -0.508 e. The Morgan fingerprint density at radius 3 is 1.76 bits per heavy atom. The van der Waals surface area contributed by atoms with Crippen molar-refractivity contribution in [1.82, 2.24) is 81.7 Å². The number of carbonyl (C=O) groups is 19. The van der Waals surface area contributed by atoms with Gasteiger partial charge in [0.25, 0.3) is 0 Å². The average Bonchev–Trinajstić information content (AvgIpc) is 1.53. The van der Waals surface area contributed by atoms with Crippen molar-refractivity contribution < 1.29 is 112 Å². The smallest absolute Gasteiger partial charge is 0.323 e. The molecule has 3 aromatic carbocycles. The summed E-state index contributed by atoms with van der Waals surface area (Å²) in [6, 6.07) is 0.142. The number of primary amides is 1. The highest BCUT2D eigenvalue weighted by Crippen LogP contribution is 2.30. The number of unbranched alkanes of at least 4 members (excludes halogenated alkanes) is 1. The molecule has 42 heteroatoms. The van der Waals surface area contributed by atoms with Crippen molar-refractivity contribution in [1.29, 1.82) is 0 Å². The number of ketones is 4. The maximum Gasteiger partial charge on any atom is 0.323 e. The number of Topliss-reactive ketones (excluding diaryl/α,β-unsaturated/α-hetero) is 4. The predicted octanol–water partition coefficient (Wildman–Crippen LogP) is 0.832. The number of aromatic hydroxyl groups is 1. The number of para-hydroxylation sites is 2. The van der Waals surface area contributed by atoms with E-state index >= 15 is 38.4 Å². The van der Waals surface area contributed by atoms with Gasteiger partial charge in [-0.1, -0.05) is 82.1 Å². The molecule has 0 saturated carbocycles. The summed E-state index contributed by atoms with van der Waals surface area (Å²) in [4.78, 5) is 294. The van der Waals surface area contributed by atoms with E-state index in [2.05, 4.69) is 57.2 Å². The number of aliphatic carboxylic acids is 2. The number of carbonyl (C=O) groups excluding carboxylic acids is 17. The van der Waals surface area contributed by atoms with Crippen LogP contribution in [-0.2, 0) is 117 Å². The average molecular weight is 1890 g/mol. The first-order chi connectivity index (χ1) is 64.1. The van der Waals surface area contributed by atoms with Gasteiger partial charge in [-0.25, -0.2) is 4.98 Å². The molecule has 0 unspecified atom stereocenters. The molecule has 6 aromatic rings. The van der Waals surface area contributed by atoms with Crippen molar-refractivity contribution in [2.75, 3.05) is 51.8 Å². The zero-order chi connectivity index (χ0) is 98.8. The van der Waals surface area contributed by atoms with Crippen LogP contribution < -0.4 is 48.7 Å². The fourth-order valence-electron chi connectivity index (χ4n) is 17.2. The monoisotopic (exact) mass is 1890 g/mol. The van der Waals surface area contributed by atoms with E-state index in [1.807, 2.05) is 6.92 Å². The van der Waals surface area contributed by atoms with Crippen LogP contribution >= 0.6 is 11.8 Å². The van der Waals surface area contributed by atoms with E-state index in [4.69, 9.17) is 11.5 Å². The van der Waals surface area contributed by atoms with E-state index in [-0.39, 0.29) is 99.8 Å². The number of amides is 13. The molecule has 3 aromatic heterocycles. The number of thioether (sulfide) groups is 1. The van der Waals surface area contributed by atoms with E-state index in [0.29, 0.717) is 56.2 Å². The Hall–Kier alpha value is -13.3. The number of carboxylic acid groups (broad SMARTS) is 2. The Balaban J connectivity index is 1.11. The van der Waals surface area contributed by atoms with Gasteiger partial charge in [0, 0.05) is 156 Å². The third-order valence-electron chi connectivity index (χ3n) is 24.7. The molecule has 730 valence electrons. The number of aromatic amines is 3. The van der Waals surface area contributed by atoms with Crippen LogP contribution in [0.5, 0.6) is 5.75 Å². The molecule has 3 fully saturated rings. The predicted molar refractivity (Wildman–Crippen MR) is 492 cm³/mol. The van der Waals surface area contributed by atoms with Crippen molar-refractivity contribution in [3.63, 3.8) is 0 Å². The summed E-state index contributed by atoms with van der Waals surface area (Å²) in [5, 5.41) is 62.4. The second-order valence-corrected chi connectivity index (χ2v) is 36.4. The van der Waals surface area contributed by atoms with Gasteiger partial charge in [-0.3, -0.25) is 86.3 Å². The number of fused-ring (bicyclic) bond motifs is 4. The molecule has 18 N–H and O–H groups in total. The summed E-state index contributed by atoms with van der Waals surface area (Å²) in [6.45, 7) is 6.93. The summed E-state index contributed by atoms with van der Waals surface area (Å²) in [6.07, 6.45) is -1.25. The molecular formula is C93H124N18O23S. The molecule has 0 spiro atoms. The minimum absolute atomic E-state index is 0.0155. The standard InChI is InChI=1S/C93H124N18O23S/c1-9-10-20-73-86(127)103-68(33-50(2)3)78(117)38-58(76(115)28-22-51(4)112)47-135-48-80(119)100-71(34-54-23-25-60(113)26-24-54)91(132)107(7)52(5)77(116)37-55(39-79(95)118)90(131)109-32-15-21-74(109)87(128)105-70(40-59-44-96-49-99-59)85(126)102-67(27-29-81(120)121)92(133)111-45-61(114)41-75(111)88(129)104-69(35-56-42-97-64-18-13-11-16-62(56)64)84(125)101-66(30-31-94)83(124)106-72(36-57-43-98-65-19-14-12-17-63(57)65)93(134)110(46-82(122)123)53(6)89(130)108(73)8/h11-14,16-19,23-26,42-44,49-50,52-53,55,58,61,66-75,97-98,113-114H,9-10,15,20-22,27-41,45-48,94H2,1-8H3,(H2,95,118)(H,96,99)(H,100,119)(H,101,125)(H,102,126)(H,103,127)(H,104,129)(H,105,128)(H,106,124)(H,120,121)(H,122,123)/t52-,53-,55-,58-,61+,66-,67-,68-,69-,70-,71-,72-,73-,74-,75-/m0/s1. The Morgan fingerprint density at radius 2 is 1.16 bits per heavy atom. The second kappa shape index (κ2) is 49.6. The first-order valence-electron chi connectivity index (χ1n) is 45.3. The first kappa shape index (κ1) is 105. The van der Waals surface area contributed by atoms with Crippen LogP contribution in [0.3, 0.4) is 0 Å². The van der Waals surface area contributed by atoms with Crippen molar-refractivity contribution in [3.05, 3.63) is 120 Å². The Labute approximate surface area is 783 Å². The molecule has 6 heterocycles. The maximum absolute atomic E-state index is 15.7. The van der Waals surface area contributed by atoms with Gasteiger partial charge in [-0.15, -0.1) is 0 Å². The van der Waals surface area contributed by atoms with Crippen molar-refractivity contribution in [3.8, 4) is 5.75 Å². The number of phenolic OH excluding ortho intramolecular Hbond substituents is 1. The number of rotatable bonds is 26. The maximum atomic E-state index is 15.7. The van der Waals surface area contributed by atoms with Gasteiger partial charge in [-0.05, 0) is 113 Å². The van der Waals surface area contributed by atoms with Crippen LogP contribution in [0.25, 0.3) is 21.8 Å². The third kappa shape index (κ3) is 29.4. The molecule has 135 heavy (non-hydrogen) atoms. The van der Waals surface area contributed by atoms with E-state index < -0.39 is 267 Å². The Morgan fingerprint density at radius 1 is 0.578 bits per heavy atom. The third-order valence-corrected chi connectivity index (χ3v) is 25.8. The fourth-order valence-corrected chi connectivity index (χ4v) is 18.2. The lowest BCUT2D eigenvalue weighted by Crippen LogP contribution is -2.61. The second-order valence-electron chi connectivity index (χ2n) is 35.3. The molecule has 13 amide bonds. The summed E-state index contributed by atoms with van der Waals surface area (Å²) < 4.78 is 0. The van der Waals surface area contributed by atoms with Crippen LogP contribution in [0.2, 0.25) is 0 Å². The van der Waals surface area contributed by atoms with E-state index in [1.54, 1.807) is 74.8 Å². The van der Waals surface area contributed by atoms with Crippen LogP contribution in [-0.4, -0.2) is 307 Å². The van der Waals surface area contributed by atoms with Crippen LogP contribution in [0, 0.1) is 17.8 Å². The fraction of sp³-hybridized carbons (Fsp3) is 0.527. The van der Waals surface area contributed by atoms with Crippen molar-refractivity contribution >= 4 is 145 Å². The Kier molecular flexibility index (Phi) is 38.8. The largest absolute Gasteiger partial charge is 0.508 e. The molecular weight excluding hydrogens is 1770 g/mol. The number of aromatic nitrogens is 4. The number of aliphatic hydroxyl groups is 1. The van der Waals surface area contributed by atoms with Gasteiger partial charge in [-0.2, -0.15) is 11.8 Å². The topological polar surface area (TPSA) is 618 Å². The molecule has 0 radical (unpaired) electrons. The number of hydrogen-bond donors (Lipinski definition) is 16. The number of nitrogens with two attached hydrogens (primary N) is 2.